The van der Waals surface area contributed by atoms with Crippen molar-refractivity contribution in [3.05, 3.63) is 123 Å². The average Bonchev–Trinajstić information content (AvgIpc) is 2.67. The van der Waals surface area contributed by atoms with Crippen LogP contribution in [0, 0.1) is 0 Å². The lowest BCUT2D eigenvalue weighted by Gasteiger charge is -2.18. The van der Waals surface area contributed by atoms with Crippen molar-refractivity contribution < 1.29 is 0 Å². The zero-order chi connectivity index (χ0) is 17.6. The largest absolute Gasteiger partial charge is 0.137 e. The van der Waals surface area contributed by atoms with Gasteiger partial charge >= 0.3 is 0 Å². The van der Waals surface area contributed by atoms with E-state index in [0.29, 0.717) is 0 Å². The van der Waals surface area contributed by atoms with Gasteiger partial charge in [-0.3, -0.25) is 0 Å². The van der Waals surface area contributed by atoms with Gasteiger partial charge in [-0.25, -0.2) is 0 Å². The Morgan fingerprint density at radius 3 is 0.917 bits per heavy atom. The summed E-state index contributed by atoms with van der Waals surface area (Å²) in [6.45, 7) is 12.2. The minimum Gasteiger partial charge on any atom is -0.137 e. The molecule has 0 aliphatic carbocycles. The van der Waals surface area contributed by atoms with Gasteiger partial charge in [0, 0.05) is 0 Å². The van der Waals surface area contributed by atoms with Crippen molar-refractivity contribution in [2.75, 3.05) is 0 Å². The molecule has 0 aliphatic rings. The molecule has 0 saturated carbocycles. The van der Waals surface area contributed by atoms with Gasteiger partial charge in [-0.2, -0.15) is 0 Å². The van der Waals surface area contributed by atoms with E-state index in [9.17, 15) is 0 Å². The second kappa shape index (κ2) is 11.9. The van der Waals surface area contributed by atoms with E-state index in [1.165, 1.54) is 15.9 Å². The quantitative estimate of drug-likeness (QED) is 0.351. The Morgan fingerprint density at radius 1 is 0.500 bits per heavy atom. The lowest BCUT2D eigenvalue weighted by molar-refractivity contribution is 1.74. The van der Waals surface area contributed by atoms with Crippen LogP contribution in [-0.2, 0) is 0 Å². The second-order valence-electron chi connectivity index (χ2n) is 4.59. The first-order valence-electron chi connectivity index (χ1n) is 7.61. The predicted octanol–water partition coefficient (Wildman–Crippen LogP) is 5.20. The van der Waals surface area contributed by atoms with E-state index in [2.05, 4.69) is 123 Å². The predicted molar refractivity (Wildman–Crippen MR) is 111 cm³/mol. The summed E-state index contributed by atoms with van der Waals surface area (Å²) in [5, 5.41) is 4.19. The molecule has 0 bridgehead atoms. The molecular weight excluding hydrogens is 307 g/mol. The van der Waals surface area contributed by atoms with E-state index >= 15 is 0 Å². The highest BCUT2D eigenvalue weighted by atomic mass is 31.1. The van der Waals surface area contributed by atoms with Crippen molar-refractivity contribution in [3.8, 4) is 0 Å². The molecule has 0 N–H and O–H groups in total. The van der Waals surface area contributed by atoms with Crippen LogP contribution in [0.4, 0.5) is 0 Å². The highest BCUT2D eigenvalue weighted by molar-refractivity contribution is 7.79. The Kier molecular flexibility index (Phi) is 9.58. The van der Waals surface area contributed by atoms with Crippen molar-refractivity contribution in [3.63, 3.8) is 0 Å². The van der Waals surface area contributed by atoms with Crippen LogP contribution in [0.1, 0.15) is 0 Å². The van der Waals surface area contributed by atoms with Crippen molar-refractivity contribution in [1.29, 1.82) is 0 Å². The molecule has 0 radical (unpaired) electrons. The van der Waals surface area contributed by atoms with Crippen molar-refractivity contribution in [1.82, 2.24) is 0 Å². The van der Waals surface area contributed by atoms with Gasteiger partial charge in [0.1, 0.15) is 0 Å². The topological polar surface area (TPSA) is 0 Å². The highest BCUT2D eigenvalue weighted by Gasteiger charge is 2.14. The molecule has 3 aromatic carbocycles. The lowest BCUT2D eigenvalue weighted by atomic mass is 10.4. The van der Waals surface area contributed by atoms with E-state index in [4.69, 9.17) is 0 Å². The van der Waals surface area contributed by atoms with E-state index < -0.39 is 7.92 Å². The Bertz CT molecular complexity index is 618. The second-order valence-corrected chi connectivity index (χ2v) is 6.81. The van der Waals surface area contributed by atoms with Gasteiger partial charge in [-0.15, -0.1) is 18.9 Å². The van der Waals surface area contributed by atoms with Crippen LogP contribution in [0.15, 0.2) is 123 Å². The fourth-order valence-corrected chi connectivity index (χ4v) is 4.48. The third-order valence-corrected chi connectivity index (χ3v) is 5.49. The van der Waals surface area contributed by atoms with Crippen LogP contribution < -0.4 is 15.9 Å². The number of benzene rings is 3. The van der Waals surface area contributed by atoms with Crippen molar-refractivity contribution >= 4 is 23.8 Å². The first kappa shape index (κ1) is 19.4. The maximum absolute atomic E-state index is 3.12. The molecule has 0 aromatic heterocycles. The Balaban J connectivity index is 0.000000521. The van der Waals surface area contributed by atoms with Gasteiger partial charge in [0.15, 0.2) is 0 Å². The molecule has 3 rings (SSSR count). The molecular formula is C23H23P. The number of hydrogen-bond acceptors (Lipinski definition) is 0. The van der Waals surface area contributed by atoms with Crippen LogP contribution >= 0.6 is 7.92 Å². The molecule has 24 heavy (non-hydrogen) atoms. The summed E-state index contributed by atoms with van der Waals surface area (Å²) in [6, 6.07) is 32.3. The minimum absolute atomic E-state index is 0.446. The van der Waals surface area contributed by atoms with Crippen LogP contribution in [0.3, 0.4) is 0 Å². The molecule has 0 spiro atoms. The summed E-state index contributed by atoms with van der Waals surface area (Å²) in [7, 11) is -0.446. The van der Waals surface area contributed by atoms with Gasteiger partial charge < -0.3 is 0 Å². The minimum atomic E-state index is -0.446. The molecule has 0 saturated heterocycles. The molecule has 0 heterocycles. The highest BCUT2D eigenvalue weighted by Crippen LogP contribution is 2.32. The van der Waals surface area contributed by atoms with Crippen LogP contribution in [0.25, 0.3) is 0 Å². The molecule has 0 unspecified atom stereocenters. The standard InChI is InChI=1S/C18H15P.C3H4.C2H4/c1-4-10-16(11-5-1)19(17-12-6-2-7-13-17)18-14-8-3-9-15-18;1-3-2;1-2/h1-15H;1-2H2;1-2H2. The third kappa shape index (κ3) is 5.86. The van der Waals surface area contributed by atoms with E-state index in [-0.39, 0.29) is 0 Å². The summed E-state index contributed by atoms with van der Waals surface area (Å²) in [5.41, 5.74) is 2.25. The van der Waals surface area contributed by atoms with Crippen LogP contribution in [0.2, 0.25) is 0 Å². The number of rotatable bonds is 3. The number of hydrogen-bond donors (Lipinski definition) is 0. The Hall–Kier alpha value is -2.65. The van der Waals surface area contributed by atoms with E-state index in [0.717, 1.165) is 0 Å². The molecule has 0 aliphatic heterocycles. The maximum atomic E-state index is 3.12. The summed E-state index contributed by atoms with van der Waals surface area (Å²) >= 11 is 0. The zero-order valence-corrected chi connectivity index (χ0v) is 14.8. The SMILES string of the molecule is C=C.C=C=C.c1ccc(P(c2ccccc2)c2ccccc2)cc1. The van der Waals surface area contributed by atoms with Crippen LogP contribution in [0.5, 0.6) is 0 Å². The zero-order valence-electron chi connectivity index (χ0n) is 13.9. The normalized spacial score (nSPS) is 8.88. The lowest BCUT2D eigenvalue weighted by Crippen LogP contribution is -2.20. The van der Waals surface area contributed by atoms with Crippen molar-refractivity contribution in [2.45, 2.75) is 0 Å². The molecule has 0 nitrogen and oxygen atoms in total. The van der Waals surface area contributed by atoms with Gasteiger partial charge in [0.05, 0.1) is 0 Å². The molecule has 0 amide bonds. The van der Waals surface area contributed by atoms with Crippen molar-refractivity contribution in [2.24, 2.45) is 0 Å². The third-order valence-electron chi connectivity index (χ3n) is 3.04. The van der Waals surface area contributed by atoms with Gasteiger partial charge in [0.2, 0.25) is 0 Å². The summed E-state index contributed by atoms with van der Waals surface area (Å²) in [4.78, 5) is 0. The van der Waals surface area contributed by atoms with Gasteiger partial charge in [-0.1, -0.05) is 104 Å². The summed E-state index contributed by atoms with van der Waals surface area (Å²) in [6.07, 6.45) is 0. The maximum Gasteiger partial charge on any atom is -0.0134 e. The van der Waals surface area contributed by atoms with E-state index in [1.54, 1.807) is 0 Å². The fraction of sp³-hybridized carbons (Fsp3) is 0. The average molecular weight is 330 g/mol. The molecule has 3 aromatic rings. The Labute approximate surface area is 147 Å². The Morgan fingerprint density at radius 2 is 0.708 bits per heavy atom. The first-order valence-corrected chi connectivity index (χ1v) is 8.95. The smallest absolute Gasteiger partial charge is 0.0134 e. The van der Waals surface area contributed by atoms with Gasteiger partial charge in [0.25, 0.3) is 0 Å². The first-order chi connectivity index (χ1) is 11.9. The molecule has 1 heteroatoms. The van der Waals surface area contributed by atoms with E-state index in [1.807, 2.05) is 0 Å². The fourth-order valence-electron chi connectivity index (χ4n) is 2.18. The summed E-state index contributed by atoms with van der Waals surface area (Å²) in [5.74, 6) is 0. The molecule has 0 fully saturated rings. The monoisotopic (exact) mass is 330 g/mol. The molecule has 120 valence electrons. The summed E-state index contributed by atoms with van der Waals surface area (Å²) < 4.78 is 0. The molecule has 0 atom stereocenters. The van der Waals surface area contributed by atoms with Gasteiger partial charge in [-0.05, 0) is 23.8 Å². The van der Waals surface area contributed by atoms with Crippen LogP contribution in [-0.4, -0.2) is 0 Å².